The number of amides is 1. The maximum atomic E-state index is 11.1. The average molecular weight is 294 g/mol. The lowest BCUT2D eigenvalue weighted by molar-refractivity contribution is -0.119. The maximum absolute atomic E-state index is 11.1. The Bertz CT molecular complexity index is 474. The zero-order valence-electron chi connectivity index (χ0n) is 11.9. The van der Waals surface area contributed by atoms with E-state index in [9.17, 15) is 4.79 Å². The molecule has 5 heteroatoms. The summed E-state index contributed by atoms with van der Waals surface area (Å²) in [5, 5.41) is 8.69. The van der Waals surface area contributed by atoms with Crippen LogP contribution in [0.5, 0.6) is 0 Å². The number of hydrogen-bond donors (Lipinski definition) is 2. The number of aliphatic hydroxyl groups excluding tert-OH is 1. The lowest BCUT2D eigenvalue weighted by atomic mass is 10.3. The van der Waals surface area contributed by atoms with Gasteiger partial charge in [0.1, 0.15) is 0 Å². The molecule has 1 amide bonds. The van der Waals surface area contributed by atoms with E-state index in [0.717, 1.165) is 30.8 Å². The first-order valence-electron chi connectivity index (χ1n) is 6.84. The Labute approximate surface area is 124 Å². The fraction of sp³-hybridized carbons (Fsp3) is 0.533. The van der Waals surface area contributed by atoms with Gasteiger partial charge in [0.2, 0.25) is 5.91 Å². The van der Waals surface area contributed by atoms with Crippen molar-refractivity contribution >= 4 is 17.2 Å². The third-order valence-corrected chi connectivity index (χ3v) is 3.68. The fourth-order valence-corrected chi connectivity index (χ4v) is 2.70. The zero-order valence-corrected chi connectivity index (χ0v) is 12.7. The van der Waals surface area contributed by atoms with E-state index in [1.54, 1.807) is 11.3 Å². The van der Waals surface area contributed by atoms with E-state index in [1.165, 1.54) is 4.88 Å². The molecule has 1 aromatic heterocycles. The average Bonchev–Trinajstić information content (AvgIpc) is 2.83. The minimum atomic E-state index is -0.291. The molecule has 3 N–H and O–H groups in total. The summed E-state index contributed by atoms with van der Waals surface area (Å²) in [6.45, 7) is 4.12. The Morgan fingerprint density at radius 3 is 2.95 bits per heavy atom. The van der Waals surface area contributed by atoms with Gasteiger partial charge in [0, 0.05) is 17.8 Å². The number of nitrogens with zero attached hydrogens (tertiary/aromatic N) is 1. The second kappa shape index (κ2) is 9.54. The highest BCUT2D eigenvalue weighted by Crippen LogP contribution is 2.17. The monoisotopic (exact) mass is 294 g/mol. The molecule has 0 spiro atoms. The SMILES string of the molecule is CCCCN(CC(N)=O)Cc1ccc(C#CCCO)s1. The van der Waals surface area contributed by atoms with Crippen molar-refractivity contribution in [3.63, 3.8) is 0 Å². The Morgan fingerprint density at radius 1 is 1.50 bits per heavy atom. The first kappa shape index (κ1) is 16.7. The Balaban J connectivity index is 2.59. The van der Waals surface area contributed by atoms with E-state index in [0.29, 0.717) is 13.0 Å². The van der Waals surface area contributed by atoms with Crippen molar-refractivity contribution in [2.75, 3.05) is 19.7 Å². The summed E-state index contributed by atoms with van der Waals surface area (Å²) in [5.74, 6) is 5.64. The summed E-state index contributed by atoms with van der Waals surface area (Å²) in [6, 6.07) is 4.01. The predicted molar refractivity (Wildman–Crippen MR) is 82.3 cm³/mol. The molecule has 0 saturated carbocycles. The quantitative estimate of drug-likeness (QED) is 0.715. The molecule has 0 atom stereocenters. The molecule has 20 heavy (non-hydrogen) atoms. The minimum Gasteiger partial charge on any atom is -0.395 e. The molecule has 4 nitrogen and oxygen atoms in total. The molecule has 0 fully saturated rings. The zero-order chi connectivity index (χ0) is 14.8. The van der Waals surface area contributed by atoms with Gasteiger partial charge in [-0.1, -0.05) is 25.2 Å². The number of hydrogen-bond acceptors (Lipinski definition) is 4. The molecular weight excluding hydrogens is 272 g/mol. The number of unbranched alkanes of at least 4 members (excludes halogenated alkanes) is 1. The van der Waals surface area contributed by atoms with Crippen molar-refractivity contribution in [1.29, 1.82) is 0 Å². The van der Waals surface area contributed by atoms with E-state index in [2.05, 4.69) is 23.7 Å². The highest BCUT2D eigenvalue weighted by Gasteiger charge is 2.10. The first-order valence-corrected chi connectivity index (χ1v) is 7.66. The Kier molecular flexibility index (Phi) is 7.97. The van der Waals surface area contributed by atoms with Crippen molar-refractivity contribution in [2.45, 2.75) is 32.7 Å². The van der Waals surface area contributed by atoms with Crippen LogP contribution in [0.3, 0.4) is 0 Å². The van der Waals surface area contributed by atoms with Crippen LogP contribution in [0.25, 0.3) is 0 Å². The molecule has 0 aliphatic heterocycles. The van der Waals surface area contributed by atoms with Crippen LogP contribution in [-0.4, -0.2) is 35.6 Å². The summed E-state index contributed by atoms with van der Waals surface area (Å²) in [4.78, 5) is 15.3. The van der Waals surface area contributed by atoms with E-state index in [4.69, 9.17) is 10.8 Å². The predicted octanol–water partition coefficient (Wildman–Crippen LogP) is 1.57. The second-order valence-electron chi connectivity index (χ2n) is 4.57. The van der Waals surface area contributed by atoms with Crippen molar-refractivity contribution in [1.82, 2.24) is 4.90 Å². The van der Waals surface area contributed by atoms with Crippen LogP contribution in [0.1, 0.15) is 35.9 Å². The molecule has 0 aliphatic carbocycles. The van der Waals surface area contributed by atoms with Gasteiger partial charge in [-0.25, -0.2) is 0 Å². The van der Waals surface area contributed by atoms with Crippen molar-refractivity contribution in [3.05, 3.63) is 21.9 Å². The van der Waals surface area contributed by atoms with Crippen molar-refractivity contribution in [3.8, 4) is 11.8 Å². The van der Waals surface area contributed by atoms with Crippen LogP contribution in [0.15, 0.2) is 12.1 Å². The van der Waals surface area contributed by atoms with E-state index in [1.807, 2.05) is 12.1 Å². The lowest BCUT2D eigenvalue weighted by Gasteiger charge is -2.19. The first-order chi connectivity index (χ1) is 9.65. The third-order valence-electron chi connectivity index (χ3n) is 2.70. The highest BCUT2D eigenvalue weighted by molar-refractivity contribution is 7.12. The molecule has 0 bridgehead atoms. The topological polar surface area (TPSA) is 66.6 Å². The molecule has 1 rings (SSSR count). The van der Waals surface area contributed by atoms with Crippen molar-refractivity contribution in [2.24, 2.45) is 5.73 Å². The Hall–Kier alpha value is -1.35. The molecule has 0 aromatic carbocycles. The van der Waals surface area contributed by atoms with Crippen LogP contribution >= 0.6 is 11.3 Å². The molecule has 1 heterocycles. The minimum absolute atomic E-state index is 0.0919. The standard InChI is InChI=1S/C15H22N2O2S/c1-2-3-9-17(12-15(16)19)11-14-8-7-13(20-14)6-4-5-10-18/h7-8,18H,2-3,5,9-12H2,1H3,(H2,16,19). The van der Waals surface area contributed by atoms with Gasteiger partial charge >= 0.3 is 0 Å². The Morgan fingerprint density at radius 2 is 2.30 bits per heavy atom. The molecule has 0 radical (unpaired) electrons. The number of primary amides is 1. The molecule has 0 unspecified atom stereocenters. The summed E-state index contributed by atoms with van der Waals surface area (Å²) in [6.07, 6.45) is 2.65. The van der Waals surface area contributed by atoms with Gasteiger partial charge in [0.05, 0.1) is 18.0 Å². The van der Waals surface area contributed by atoms with Gasteiger partial charge in [-0.15, -0.1) is 11.3 Å². The third kappa shape index (κ3) is 6.71. The number of thiophene rings is 1. The van der Waals surface area contributed by atoms with Gasteiger partial charge in [-0.2, -0.15) is 0 Å². The second-order valence-corrected chi connectivity index (χ2v) is 5.74. The van der Waals surface area contributed by atoms with Crippen molar-refractivity contribution < 1.29 is 9.90 Å². The van der Waals surface area contributed by atoms with E-state index in [-0.39, 0.29) is 12.5 Å². The number of aliphatic hydroxyl groups is 1. The normalized spacial score (nSPS) is 10.3. The van der Waals surface area contributed by atoms with Gasteiger partial charge in [0.15, 0.2) is 0 Å². The van der Waals surface area contributed by atoms with Gasteiger partial charge in [-0.05, 0) is 25.1 Å². The van der Waals surface area contributed by atoms with Crippen LogP contribution in [0.4, 0.5) is 0 Å². The number of carbonyl (C=O) groups excluding carboxylic acids is 1. The maximum Gasteiger partial charge on any atom is 0.231 e. The summed E-state index contributed by atoms with van der Waals surface area (Å²) < 4.78 is 0. The van der Waals surface area contributed by atoms with Crippen LogP contribution in [0.2, 0.25) is 0 Å². The number of nitrogens with two attached hydrogens (primary N) is 1. The molecule has 0 saturated heterocycles. The van der Waals surface area contributed by atoms with E-state index >= 15 is 0 Å². The van der Waals surface area contributed by atoms with Crippen LogP contribution < -0.4 is 5.73 Å². The molecule has 0 aliphatic rings. The van der Waals surface area contributed by atoms with Gasteiger partial charge in [0.25, 0.3) is 0 Å². The summed E-state index contributed by atoms with van der Waals surface area (Å²) in [7, 11) is 0. The van der Waals surface area contributed by atoms with Gasteiger partial charge < -0.3 is 10.8 Å². The van der Waals surface area contributed by atoms with E-state index < -0.39 is 0 Å². The smallest absolute Gasteiger partial charge is 0.231 e. The summed E-state index contributed by atoms with van der Waals surface area (Å²) in [5.41, 5.74) is 5.28. The van der Waals surface area contributed by atoms with Crippen LogP contribution in [0, 0.1) is 11.8 Å². The highest BCUT2D eigenvalue weighted by atomic mass is 32.1. The summed E-state index contributed by atoms with van der Waals surface area (Å²) >= 11 is 1.62. The number of rotatable bonds is 8. The molecule has 110 valence electrons. The fourth-order valence-electron chi connectivity index (χ4n) is 1.77. The lowest BCUT2D eigenvalue weighted by Crippen LogP contribution is -2.33. The number of carbonyl (C=O) groups is 1. The van der Waals surface area contributed by atoms with Crippen LogP contribution in [-0.2, 0) is 11.3 Å². The van der Waals surface area contributed by atoms with Gasteiger partial charge in [-0.3, -0.25) is 9.69 Å². The largest absolute Gasteiger partial charge is 0.395 e. The molecule has 1 aromatic rings. The molecular formula is C15H22N2O2S.